The summed E-state index contributed by atoms with van der Waals surface area (Å²) in [5.41, 5.74) is 0. The van der Waals surface area contributed by atoms with Crippen LogP contribution in [0.3, 0.4) is 0 Å². The Balaban J connectivity index is 2.32. The second kappa shape index (κ2) is 8.48. The predicted octanol–water partition coefficient (Wildman–Crippen LogP) is 2.09. The van der Waals surface area contributed by atoms with Crippen LogP contribution in [0.2, 0.25) is 0 Å². The van der Waals surface area contributed by atoms with Gasteiger partial charge in [0.15, 0.2) is 0 Å². The highest BCUT2D eigenvalue weighted by Crippen LogP contribution is 2.11. The number of rotatable bonds is 6. The fraction of sp³-hybridized carbons (Fsp3) is 0.929. The molecule has 0 radical (unpaired) electrons. The minimum absolute atomic E-state index is 0.221. The maximum absolute atomic E-state index is 11.1. The molecule has 0 bridgehead atoms. The quantitative estimate of drug-likeness (QED) is 0.764. The summed E-state index contributed by atoms with van der Waals surface area (Å²) in [5, 5.41) is 12.3. The lowest BCUT2D eigenvalue weighted by molar-refractivity contribution is -0.140. The van der Waals surface area contributed by atoms with E-state index in [-0.39, 0.29) is 6.04 Å². The van der Waals surface area contributed by atoms with Crippen LogP contribution in [0.5, 0.6) is 0 Å². The summed E-state index contributed by atoms with van der Waals surface area (Å²) >= 11 is 0. The first kappa shape index (κ1) is 15.4. The van der Waals surface area contributed by atoms with Crippen molar-refractivity contribution in [3.8, 4) is 0 Å². The SMILES string of the molecule is CC(C)NC(CCN1CCCCCCC1)C(=O)O. The summed E-state index contributed by atoms with van der Waals surface area (Å²) in [5.74, 6) is -0.726. The largest absolute Gasteiger partial charge is 0.480 e. The van der Waals surface area contributed by atoms with Crippen molar-refractivity contribution in [2.45, 2.75) is 64.5 Å². The second-order valence-corrected chi connectivity index (χ2v) is 5.61. The molecule has 1 fully saturated rings. The molecule has 18 heavy (non-hydrogen) atoms. The molecule has 4 heteroatoms. The first-order valence-corrected chi connectivity index (χ1v) is 7.31. The predicted molar refractivity (Wildman–Crippen MR) is 73.8 cm³/mol. The van der Waals surface area contributed by atoms with Crippen LogP contribution in [0, 0.1) is 0 Å². The van der Waals surface area contributed by atoms with E-state index in [0.717, 1.165) is 19.6 Å². The Labute approximate surface area is 111 Å². The molecule has 1 heterocycles. The number of nitrogens with zero attached hydrogens (tertiary/aromatic N) is 1. The van der Waals surface area contributed by atoms with Gasteiger partial charge in [-0.15, -0.1) is 0 Å². The molecule has 0 aromatic rings. The fourth-order valence-corrected chi connectivity index (χ4v) is 2.53. The molecular weight excluding hydrogens is 228 g/mol. The topological polar surface area (TPSA) is 52.6 Å². The zero-order chi connectivity index (χ0) is 13.4. The molecule has 4 nitrogen and oxygen atoms in total. The summed E-state index contributed by atoms with van der Waals surface area (Å²) < 4.78 is 0. The van der Waals surface area contributed by atoms with Crippen LogP contribution >= 0.6 is 0 Å². The summed E-state index contributed by atoms with van der Waals surface area (Å²) in [6.45, 7) is 7.15. The summed E-state index contributed by atoms with van der Waals surface area (Å²) in [6, 6.07) is -0.186. The molecule has 0 aliphatic carbocycles. The molecule has 0 amide bonds. The number of likely N-dealkylation sites (tertiary alicyclic amines) is 1. The molecular formula is C14H28N2O2. The number of carboxylic acids is 1. The molecule has 1 unspecified atom stereocenters. The Kier molecular flexibility index (Phi) is 7.28. The Bertz CT molecular complexity index is 236. The highest BCUT2D eigenvalue weighted by Gasteiger charge is 2.19. The third-order valence-electron chi connectivity index (χ3n) is 3.52. The van der Waals surface area contributed by atoms with Gasteiger partial charge in [0.2, 0.25) is 0 Å². The Morgan fingerprint density at radius 2 is 1.72 bits per heavy atom. The van der Waals surface area contributed by atoms with E-state index in [1.165, 1.54) is 32.1 Å². The Morgan fingerprint density at radius 3 is 2.22 bits per heavy atom. The van der Waals surface area contributed by atoms with Crippen molar-refractivity contribution in [3.05, 3.63) is 0 Å². The van der Waals surface area contributed by atoms with Crippen LogP contribution in [0.15, 0.2) is 0 Å². The van der Waals surface area contributed by atoms with Crippen LogP contribution in [0.25, 0.3) is 0 Å². The fourth-order valence-electron chi connectivity index (χ4n) is 2.53. The lowest BCUT2D eigenvalue weighted by atomic mass is 10.1. The molecule has 1 rings (SSSR count). The number of hydrogen-bond acceptors (Lipinski definition) is 3. The van der Waals surface area contributed by atoms with Crippen molar-refractivity contribution >= 4 is 5.97 Å². The van der Waals surface area contributed by atoms with Crippen molar-refractivity contribution in [3.63, 3.8) is 0 Å². The monoisotopic (exact) mass is 256 g/mol. The number of hydrogen-bond donors (Lipinski definition) is 2. The zero-order valence-corrected chi connectivity index (χ0v) is 11.8. The zero-order valence-electron chi connectivity index (χ0n) is 11.8. The van der Waals surface area contributed by atoms with E-state index < -0.39 is 12.0 Å². The third kappa shape index (κ3) is 6.36. The van der Waals surface area contributed by atoms with Gasteiger partial charge in [0.25, 0.3) is 0 Å². The minimum atomic E-state index is -0.726. The van der Waals surface area contributed by atoms with Crippen molar-refractivity contribution in [1.82, 2.24) is 10.2 Å². The number of aliphatic carboxylic acids is 1. The number of carboxylic acid groups (broad SMARTS) is 1. The smallest absolute Gasteiger partial charge is 0.320 e. The first-order valence-electron chi connectivity index (χ1n) is 7.31. The maximum atomic E-state index is 11.1. The van der Waals surface area contributed by atoms with E-state index in [1.807, 2.05) is 13.8 Å². The van der Waals surface area contributed by atoms with Gasteiger partial charge in [-0.1, -0.05) is 33.1 Å². The van der Waals surface area contributed by atoms with Crippen LogP contribution in [-0.4, -0.2) is 47.7 Å². The lowest BCUT2D eigenvalue weighted by Gasteiger charge is -2.26. The highest BCUT2D eigenvalue weighted by atomic mass is 16.4. The molecule has 1 aliphatic rings. The van der Waals surface area contributed by atoms with Crippen LogP contribution in [0.4, 0.5) is 0 Å². The molecule has 0 saturated carbocycles. The van der Waals surface area contributed by atoms with Crippen molar-refractivity contribution < 1.29 is 9.90 Å². The highest BCUT2D eigenvalue weighted by molar-refractivity contribution is 5.73. The maximum Gasteiger partial charge on any atom is 0.320 e. The minimum Gasteiger partial charge on any atom is -0.480 e. The van der Waals surface area contributed by atoms with Gasteiger partial charge in [-0.05, 0) is 32.4 Å². The van der Waals surface area contributed by atoms with Crippen molar-refractivity contribution in [2.24, 2.45) is 0 Å². The molecule has 1 atom stereocenters. The van der Waals surface area contributed by atoms with Gasteiger partial charge < -0.3 is 15.3 Å². The Morgan fingerprint density at radius 1 is 1.17 bits per heavy atom. The Hall–Kier alpha value is -0.610. The lowest BCUT2D eigenvalue weighted by Crippen LogP contribution is -2.43. The van der Waals surface area contributed by atoms with Crippen molar-refractivity contribution in [2.75, 3.05) is 19.6 Å². The van der Waals surface area contributed by atoms with Gasteiger partial charge in [0, 0.05) is 12.6 Å². The third-order valence-corrected chi connectivity index (χ3v) is 3.52. The van der Waals surface area contributed by atoms with Crippen molar-refractivity contribution in [1.29, 1.82) is 0 Å². The van der Waals surface area contributed by atoms with E-state index in [2.05, 4.69) is 10.2 Å². The van der Waals surface area contributed by atoms with Crippen LogP contribution in [-0.2, 0) is 4.79 Å². The summed E-state index contributed by atoms with van der Waals surface area (Å²) in [4.78, 5) is 13.6. The number of nitrogens with one attached hydrogen (secondary N) is 1. The van der Waals surface area contributed by atoms with E-state index in [4.69, 9.17) is 0 Å². The van der Waals surface area contributed by atoms with E-state index in [0.29, 0.717) is 6.42 Å². The van der Waals surface area contributed by atoms with Gasteiger partial charge in [-0.25, -0.2) is 0 Å². The number of carbonyl (C=O) groups is 1. The molecule has 1 saturated heterocycles. The van der Waals surface area contributed by atoms with Gasteiger partial charge in [0.1, 0.15) is 6.04 Å². The van der Waals surface area contributed by atoms with E-state index >= 15 is 0 Å². The molecule has 0 spiro atoms. The van der Waals surface area contributed by atoms with Gasteiger partial charge in [-0.2, -0.15) is 0 Å². The van der Waals surface area contributed by atoms with E-state index in [9.17, 15) is 9.90 Å². The molecule has 106 valence electrons. The summed E-state index contributed by atoms with van der Waals surface area (Å²) in [6.07, 6.45) is 7.23. The standard InChI is InChI=1S/C14H28N2O2/c1-12(2)15-13(14(17)18)8-11-16-9-6-4-3-5-7-10-16/h12-13,15H,3-11H2,1-2H3,(H,17,18). The average Bonchev–Trinajstić information content (AvgIpc) is 2.24. The van der Waals surface area contributed by atoms with Gasteiger partial charge >= 0.3 is 5.97 Å². The molecule has 0 aromatic heterocycles. The second-order valence-electron chi connectivity index (χ2n) is 5.61. The molecule has 0 aromatic carbocycles. The van der Waals surface area contributed by atoms with Gasteiger partial charge in [0.05, 0.1) is 0 Å². The first-order chi connectivity index (χ1) is 8.59. The van der Waals surface area contributed by atoms with Crippen LogP contribution < -0.4 is 5.32 Å². The molecule has 1 aliphatic heterocycles. The van der Waals surface area contributed by atoms with Gasteiger partial charge in [-0.3, -0.25) is 4.79 Å². The molecule has 2 N–H and O–H groups in total. The van der Waals surface area contributed by atoms with E-state index in [1.54, 1.807) is 0 Å². The van der Waals surface area contributed by atoms with Crippen LogP contribution in [0.1, 0.15) is 52.4 Å². The summed E-state index contributed by atoms with van der Waals surface area (Å²) in [7, 11) is 0. The average molecular weight is 256 g/mol. The normalized spacial score (nSPS) is 20.4.